The van der Waals surface area contributed by atoms with Gasteiger partial charge in [0.2, 0.25) is 5.91 Å². The first kappa shape index (κ1) is 17.1. The van der Waals surface area contributed by atoms with Crippen molar-refractivity contribution in [2.45, 2.75) is 19.2 Å². The average Bonchev–Trinajstić information content (AvgIpc) is 2.47. The van der Waals surface area contributed by atoms with E-state index in [-0.39, 0.29) is 24.5 Å². The van der Waals surface area contributed by atoms with Crippen LogP contribution in [0.5, 0.6) is 5.75 Å². The molecule has 4 nitrogen and oxygen atoms in total. The summed E-state index contributed by atoms with van der Waals surface area (Å²) >= 11 is 5.63. The third-order valence-electron chi connectivity index (χ3n) is 2.83. The van der Waals surface area contributed by atoms with Crippen molar-refractivity contribution in [2.75, 3.05) is 5.32 Å². The molecule has 0 unspecified atom stereocenters. The molecular formula is C15H12ClF3N2O2. The van der Waals surface area contributed by atoms with E-state index in [0.717, 1.165) is 0 Å². The lowest BCUT2D eigenvalue weighted by Crippen LogP contribution is -2.18. The predicted octanol–water partition coefficient (Wildman–Crippen LogP) is 4.20. The van der Waals surface area contributed by atoms with Crippen molar-refractivity contribution in [3.8, 4) is 5.75 Å². The Morgan fingerprint density at radius 1 is 1.22 bits per heavy atom. The first-order chi connectivity index (χ1) is 10.8. The number of hydrogen-bond donors (Lipinski definition) is 1. The summed E-state index contributed by atoms with van der Waals surface area (Å²) < 4.78 is 40.9. The van der Waals surface area contributed by atoms with Gasteiger partial charge in [0.15, 0.2) is 0 Å². The third-order valence-corrected chi connectivity index (χ3v) is 3.05. The van der Waals surface area contributed by atoms with Gasteiger partial charge >= 0.3 is 6.36 Å². The lowest BCUT2D eigenvalue weighted by Gasteiger charge is -2.13. The first-order valence-electron chi connectivity index (χ1n) is 6.58. The smallest absolute Gasteiger partial charge is 0.406 e. The van der Waals surface area contributed by atoms with E-state index in [1.807, 2.05) is 0 Å². The second-order valence-corrected chi connectivity index (χ2v) is 4.96. The summed E-state index contributed by atoms with van der Waals surface area (Å²) in [6.45, 7) is 0. The van der Waals surface area contributed by atoms with Crippen LogP contribution in [-0.4, -0.2) is 17.3 Å². The highest BCUT2D eigenvalue weighted by Gasteiger charge is 2.31. The number of anilines is 1. The van der Waals surface area contributed by atoms with E-state index >= 15 is 0 Å². The number of aryl methyl sites for hydroxylation is 1. The molecule has 1 aromatic carbocycles. The van der Waals surface area contributed by atoms with Gasteiger partial charge in [-0.25, -0.2) is 4.98 Å². The van der Waals surface area contributed by atoms with Gasteiger partial charge in [0.1, 0.15) is 10.9 Å². The van der Waals surface area contributed by atoms with Crippen LogP contribution in [0.3, 0.4) is 0 Å². The number of halogens is 4. The molecule has 0 saturated heterocycles. The minimum absolute atomic E-state index is 0.000850. The van der Waals surface area contributed by atoms with E-state index in [2.05, 4.69) is 15.0 Å². The predicted molar refractivity (Wildman–Crippen MR) is 79.3 cm³/mol. The average molecular weight is 345 g/mol. The zero-order valence-corrected chi connectivity index (χ0v) is 12.5. The molecule has 1 amide bonds. The van der Waals surface area contributed by atoms with Crippen molar-refractivity contribution in [3.05, 3.63) is 53.3 Å². The van der Waals surface area contributed by atoms with Gasteiger partial charge in [0.25, 0.3) is 0 Å². The summed E-state index contributed by atoms with van der Waals surface area (Å²) in [5.74, 6) is -0.656. The molecule has 0 saturated carbocycles. The van der Waals surface area contributed by atoms with Gasteiger partial charge in [-0.15, -0.1) is 13.2 Å². The Balaban J connectivity index is 1.95. The minimum Gasteiger partial charge on any atom is -0.406 e. The summed E-state index contributed by atoms with van der Waals surface area (Å²) in [6.07, 6.45) is -3.27. The van der Waals surface area contributed by atoms with Gasteiger partial charge in [0.05, 0.1) is 11.9 Å². The van der Waals surface area contributed by atoms with Gasteiger partial charge in [0, 0.05) is 6.42 Å². The molecule has 23 heavy (non-hydrogen) atoms. The molecule has 0 spiro atoms. The van der Waals surface area contributed by atoms with Crippen molar-refractivity contribution in [1.82, 2.24) is 4.98 Å². The van der Waals surface area contributed by atoms with E-state index in [9.17, 15) is 18.0 Å². The number of carbonyl (C=O) groups is 1. The Bertz CT molecular complexity index is 675. The maximum Gasteiger partial charge on any atom is 0.573 e. The normalized spacial score (nSPS) is 11.1. The Hall–Kier alpha value is -2.28. The Kier molecular flexibility index (Phi) is 5.44. The highest BCUT2D eigenvalue weighted by Crippen LogP contribution is 2.27. The lowest BCUT2D eigenvalue weighted by molar-refractivity contribution is -0.274. The van der Waals surface area contributed by atoms with Gasteiger partial charge in [-0.2, -0.15) is 0 Å². The number of nitrogens with one attached hydrogen (secondary N) is 1. The van der Waals surface area contributed by atoms with Crippen molar-refractivity contribution in [2.24, 2.45) is 0 Å². The van der Waals surface area contributed by atoms with E-state index in [1.165, 1.54) is 30.5 Å². The van der Waals surface area contributed by atoms with E-state index in [1.54, 1.807) is 12.1 Å². The van der Waals surface area contributed by atoms with Crippen LogP contribution in [0.25, 0.3) is 0 Å². The van der Waals surface area contributed by atoms with Crippen LogP contribution in [0.4, 0.5) is 18.9 Å². The minimum atomic E-state index is -4.77. The molecule has 0 radical (unpaired) electrons. The first-order valence-corrected chi connectivity index (χ1v) is 6.96. The van der Waals surface area contributed by atoms with Crippen LogP contribution < -0.4 is 10.1 Å². The number of ether oxygens (including phenoxy) is 1. The molecule has 0 atom stereocenters. The fraction of sp³-hybridized carbons (Fsp3) is 0.200. The summed E-state index contributed by atoms with van der Waals surface area (Å²) in [5, 5.41) is 2.88. The Morgan fingerprint density at radius 2 is 1.96 bits per heavy atom. The molecule has 122 valence electrons. The number of alkyl halides is 3. The fourth-order valence-corrected chi connectivity index (χ4v) is 1.97. The molecule has 1 aromatic heterocycles. The molecule has 2 rings (SSSR count). The summed E-state index contributed by atoms with van der Waals surface area (Å²) in [7, 11) is 0. The summed E-state index contributed by atoms with van der Waals surface area (Å²) in [5.41, 5.74) is 0.758. The van der Waals surface area contributed by atoms with Crippen molar-refractivity contribution < 1.29 is 22.7 Å². The van der Waals surface area contributed by atoms with Gasteiger partial charge in [-0.05, 0) is 30.2 Å². The summed E-state index contributed by atoms with van der Waals surface area (Å²) in [6, 6.07) is 8.81. The van der Waals surface area contributed by atoms with Crippen molar-refractivity contribution >= 4 is 23.2 Å². The highest BCUT2D eigenvalue weighted by atomic mass is 35.5. The number of para-hydroxylation sites is 1. The zero-order chi connectivity index (χ0) is 16.9. The summed E-state index contributed by atoms with van der Waals surface area (Å²) in [4.78, 5) is 15.6. The topological polar surface area (TPSA) is 51.2 Å². The number of nitrogens with zero attached hydrogens (tertiary/aromatic N) is 1. The number of aromatic nitrogens is 1. The maximum atomic E-state index is 12.3. The molecule has 0 aliphatic rings. The second kappa shape index (κ2) is 7.32. The largest absolute Gasteiger partial charge is 0.573 e. The third kappa shape index (κ3) is 5.78. The van der Waals surface area contributed by atoms with Gasteiger partial charge in [-0.1, -0.05) is 29.8 Å². The van der Waals surface area contributed by atoms with Crippen LogP contribution >= 0.6 is 11.6 Å². The van der Waals surface area contributed by atoms with Crippen LogP contribution in [0.2, 0.25) is 5.15 Å². The zero-order valence-electron chi connectivity index (χ0n) is 11.7. The molecule has 1 heterocycles. The van der Waals surface area contributed by atoms with Crippen molar-refractivity contribution in [3.63, 3.8) is 0 Å². The Morgan fingerprint density at radius 3 is 2.61 bits per heavy atom. The fourth-order valence-electron chi connectivity index (χ4n) is 1.86. The van der Waals surface area contributed by atoms with Crippen LogP contribution in [-0.2, 0) is 11.2 Å². The van der Waals surface area contributed by atoms with Crippen molar-refractivity contribution in [1.29, 1.82) is 0 Å². The number of pyridine rings is 1. The highest BCUT2D eigenvalue weighted by molar-refractivity contribution is 6.29. The molecule has 2 aromatic rings. The second-order valence-electron chi connectivity index (χ2n) is 4.57. The standard InChI is InChI=1S/C15H12ClF3N2O2/c16-13-7-6-11(9-20-13)21-14(22)8-5-10-3-1-2-4-12(10)23-15(17,18)19/h1-4,6-7,9H,5,8H2,(H,21,22). The molecular weight excluding hydrogens is 333 g/mol. The quantitative estimate of drug-likeness (QED) is 0.827. The number of hydrogen-bond acceptors (Lipinski definition) is 3. The maximum absolute atomic E-state index is 12.3. The van der Waals surface area contributed by atoms with Gasteiger partial charge in [-0.3, -0.25) is 4.79 Å². The van der Waals surface area contributed by atoms with E-state index in [4.69, 9.17) is 11.6 Å². The van der Waals surface area contributed by atoms with Crippen LogP contribution in [0.15, 0.2) is 42.6 Å². The van der Waals surface area contributed by atoms with Crippen LogP contribution in [0, 0.1) is 0 Å². The molecule has 0 aliphatic heterocycles. The number of amides is 1. The molecule has 0 fully saturated rings. The van der Waals surface area contributed by atoms with Gasteiger partial charge < -0.3 is 10.1 Å². The van der Waals surface area contributed by atoms with E-state index < -0.39 is 6.36 Å². The SMILES string of the molecule is O=C(CCc1ccccc1OC(F)(F)F)Nc1ccc(Cl)nc1. The number of benzene rings is 1. The molecule has 8 heteroatoms. The number of rotatable bonds is 5. The Labute approximate surface area is 135 Å². The molecule has 0 aliphatic carbocycles. The number of carbonyl (C=O) groups excluding carboxylic acids is 1. The monoisotopic (exact) mass is 344 g/mol. The van der Waals surface area contributed by atoms with E-state index in [0.29, 0.717) is 16.4 Å². The van der Waals surface area contributed by atoms with Crippen LogP contribution in [0.1, 0.15) is 12.0 Å². The molecule has 1 N–H and O–H groups in total. The molecule has 0 bridgehead atoms. The lowest BCUT2D eigenvalue weighted by atomic mass is 10.1.